The number of carboxylic acids is 1. The summed E-state index contributed by atoms with van der Waals surface area (Å²) in [7, 11) is 0. The molecule has 3 rings (SSSR count). The zero-order chi connectivity index (χ0) is 17.1. The van der Waals surface area contributed by atoms with E-state index in [9.17, 15) is 14.7 Å². The molecule has 0 radical (unpaired) electrons. The molecule has 0 spiro atoms. The molecule has 0 aliphatic heterocycles. The van der Waals surface area contributed by atoms with Crippen molar-refractivity contribution in [1.82, 2.24) is 4.57 Å². The molecule has 1 heterocycles. The average molecular weight is 319 g/mol. The first kappa shape index (κ1) is 15.7. The van der Waals surface area contributed by atoms with Gasteiger partial charge in [-0.2, -0.15) is 0 Å². The zero-order valence-electron chi connectivity index (χ0n) is 13.2. The number of pyridine rings is 1. The lowest BCUT2D eigenvalue weighted by Gasteiger charge is -2.23. The summed E-state index contributed by atoms with van der Waals surface area (Å²) >= 11 is 0. The lowest BCUT2D eigenvalue weighted by Crippen LogP contribution is -2.32. The lowest BCUT2D eigenvalue weighted by atomic mass is 9.97. The molecule has 120 valence electrons. The molecule has 4 nitrogen and oxygen atoms in total. The highest BCUT2D eigenvalue weighted by Gasteiger charge is 2.22. The third-order valence-corrected chi connectivity index (χ3v) is 4.04. The average Bonchev–Trinajstić information content (AvgIpc) is 2.59. The van der Waals surface area contributed by atoms with Gasteiger partial charge >= 0.3 is 5.97 Å². The first-order valence-electron chi connectivity index (χ1n) is 7.65. The number of aromatic carboxylic acids is 1. The van der Waals surface area contributed by atoms with Gasteiger partial charge in [-0.05, 0) is 30.2 Å². The molecule has 1 aromatic heterocycles. The second kappa shape index (κ2) is 6.54. The van der Waals surface area contributed by atoms with E-state index in [2.05, 4.69) is 0 Å². The summed E-state index contributed by atoms with van der Waals surface area (Å²) in [4.78, 5) is 24.2. The molecule has 0 fully saturated rings. The van der Waals surface area contributed by atoms with E-state index in [1.165, 1.54) is 6.07 Å². The smallest absolute Gasteiger partial charge is 0.341 e. The number of carbonyl (C=O) groups is 1. The minimum atomic E-state index is -1.21. The molecule has 0 atom stereocenters. The summed E-state index contributed by atoms with van der Waals surface area (Å²) in [5.74, 6) is -1.21. The van der Waals surface area contributed by atoms with Crippen LogP contribution in [0.4, 0.5) is 0 Å². The maximum absolute atomic E-state index is 12.8. The van der Waals surface area contributed by atoms with Crippen LogP contribution < -0.4 is 5.56 Å². The van der Waals surface area contributed by atoms with Gasteiger partial charge in [0.2, 0.25) is 0 Å². The van der Waals surface area contributed by atoms with Crippen molar-refractivity contribution in [3.05, 3.63) is 106 Å². The van der Waals surface area contributed by atoms with E-state index in [1.54, 1.807) is 10.6 Å². The van der Waals surface area contributed by atoms with Crippen molar-refractivity contribution in [1.29, 1.82) is 0 Å². The van der Waals surface area contributed by atoms with Crippen LogP contribution in [0.25, 0.3) is 0 Å². The molecule has 0 unspecified atom stereocenters. The molecular weight excluding hydrogens is 302 g/mol. The third kappa shape index (κ3) is 2.86. The molecule has 0 amide bonds. The Hall–Kier alpha value is -3.14. The number of hydrogen-bond acceptors (Lipinski definition) is 2. The van der Waals surface area contributed by atoms with E-state index in [1.807, 2.05) is 67.6 Å². The second-order valence-corrected chi connectivity index (χ2v) is 5.59. The predicted octanol–water partition coefficient (Wildman–Crippen LogP) is 3.49. The highest BCUT2D eigenvalue weighted by molar-refractivity contribution is 5.87. The highest BCUT2D eigenvalue weighted by Crippen LogP contribution is 2.26. The van der Waals surface area contributed by atoms with Gasteiger partial charge in [0.25, 0.3) is 5.56 Å². The van der Waals surface area contributed by atoms with Crippen molar-refractivity contribution in [2.75, 3.05) is 0 Å². The number of benzene rings is 2. The Morgan fingerprint density at radius 1 is 0.875 bits per heavy atom. The van der Waals surface area contributed by atoms with Gasteiger partial charge in [0.1, 0.15) is 5.56 Å². The Balaban J connectivity index is 2.31. The summed E-state index contributed by atoms with van der Waals surface area (Å²) in [6, 6.07) is 21.9. The van der Waals surface area contributed by atoms with Crippen LogP contribution in [0.15, 0.2) is 77.6 Å². The van der Waals surface area contributed by atoms with E-state index < -0.39 is 11.5 Å². The third-order valence-electron chi connectivity index (χ3n) is 4.04. The molecule has 0 aliphatic rings. The fourth-order valence-corrected chi connectivity index (χ4v) is 2.89. The van der Waals surface area contributed by atoms with Gasteiger partial charge < -0.3 is 9.67 Å². The van der Waals surface area contributed by atoms with E-state index in [4.69, 9.17) is 0 Å². The van der Waals surface area contributed by atoms with E-state index in [0.717, 1.165) is 11.1 Å². The molecule has 24 heavy (non-hydrogen) atoms. The lowest BCUT2D eigenvalue weighted by molar-refractivity contribution is 0.0694. The van der Waals surface area contributed by atoms with Crippen molar-refractivity contribution in [3.63, 3.8) is 0 Å². The molecular formula is C20H17NO3. The quantitative estimate of drug-likeness (QED) is 0.801. The molecule has 0 saturated carbocycles. The second-order valence-electron chi connectivity index (χ2n) is 5.59. The van der Waals surface area contributed by atoms with Crippen LogP contribution in [-0.4, -0.2) is 15.6 Å². The normalized spacial score (nSPS) is 10.8. The maximum atomic E-state index is 12.8. The predicted molar refractivity (Wildman–Crippen MR) is 92.5 cm³/mol. The number of rotatable bonds is 4. The standard InChI is InChI=1S/C20H17NO3/c1-14-12-13-17(20(23)24)19(22)21(14)18(15-8-4-2-5-9-15)16-10-6-3-7-11-16/h2-13,18H,1H3,(H,23,24). The van der Waals surface area contributed by atoms with Gasteiger partial charge in [-0.1, -0.05) is 60.7 Å². The summed E-state index contributed by atoms with van der Waals surface area (Å²) in [5.41, 5.74) is 1.84. The van der Waals surface area contributed by atoms with Crippen LogP contribution in [0.3, 0.4) is 0 Å². The Kier molecular flexibility index (Phi) is 4.29. The summed E-state index contributed by atoms with van der Waals surface area (Å²) in [6.07, 6.45) is 0. The van der Waals surface area contributed by atoms with E-state index >= 15 is 0 Å². The maximum Gasteiger partial charge on any atom is 0.341 e. The number of nitrogens with zero attached hydrogens (tertiary/aromatic N) is 1. The van der Waals surface area contributed by atoms with Gasteiger partial charge in [-0.25, -0.2) is 4.79 Å². The minimum absolute atomic E-state index is 0.225. The molecule has 0 aliphatic carbocycles. The van der Waals surface area contributed by atoms with Gasteiger partial charge in [0, 0.05) is 5.69 Å². The molecule has 1 N–H and O–H groups in total. The Bertz CT molecular complexity index is 875. The van der Waals surface area contributed by atoms with Crippen molar-refractivity contribution in [2.24, 2.45) is 0 Å². The van der Waals surface area contributed by atoms with Crippen molar-refractivity contribution in [2.45, 2.75) is 13.0 Å². The largest absolute Gasteiger partial charge is 0.477 e. The Morgan fingerprint density at radius 2 is 1.38 bits per heavy atom. The first-order valence-corrected chi connectivity index (χ1v) is 7.65. The van der Waals surface area contributed by atoms with Gasteiger partial charge in [0.05, 0.1) is 6.04 Å². The molecule has 0 saturated heterocycles. The van der Waals surface area contributed by atoms with Crippen LogP contribution in [0.1, 0.15) is 33.2 Å². The fourth-order valence-electron chi connectivity index (χ4n) is 2.89. The number of aryl methyl sites for hydroxylation is 1. The molecule has 2 aromatic carbocycles. The molecule has 3 aromatic rings. The van der Waals surface area contributed by atoms with Crippen LogP contribution in [0, 0.1) is 6.92 Å². The van der Waals surface area contributed by atoms with Crippen molar-refractivity contribution in [3.8, 4) is 0 Å². The van der Waals surface area contributed by atoms with Crippen LogP contribution in [0.2, 0.25) is 0 Å². The SMILES string of the molecule is Cc1ccc(C(=O)O)c(=O)n1C(c1ccccc1)c1ccccc1. The summed E-state index contributed by atoms with van der Waals surface area (Å²) in [6.45, 7) is 1.81. The number of aromatic nitrogens is 1. The summed E-state index contributed by atoms with van der Waals surface area (Å²) in [5, 5.41) is 9.29. The number of hydrogen-bond donors (Lipinski definition) is 1. The van der Waals surface area contributed by atoms with Crippen molar-refractivity contribution >= 4 is 5.97 Å². The van der Waals surface area contributed by atoms with E-state index in [-0.39, 0.29) is 11.6 Å². The van der Waals surface area contributed by atoms with E-state index in [0.29, 0.717) is 5.69 Å². The highest BCUT2D eigenvalue weighted by atomic mass is 16.4. The molecule has 4 heteroatoms. The minimum Gasteiger partial charge on any atom is -0.477 e. The van der Waals surface area contributed by atoms with Crippen LogP contribution in [-0.2, 0) is 0 Å². The van der Waals surface area contributed by atoms with Gasteiger partial charge in [0.15, 0.2) is 0 Å². The van der Waals surface area contributed by atoms with Crippen LogP contribution in [0.5, 0.6) is 0 Å². The zero-order valence-corrected chi connectivity index (χ0v) is 13.2. The van der Waals surface area contributed by atoms with Gasteiger partial charge in [-0.3, -0.25) is 4.79 Å². The Labute approximate surface area is 139 Å². The first-order chi connectivity index (χ1) is 11.6. The van der Waals surface area contributed by atoms with Crippen molar-refractivity contribution < 1.29 is 9.90 Å². The fraction of sp³-hybridized carbons (Fsp3) is 0.100. The summed E-state index contributed by atoms with van der Waals surface area (Å²) < 4.78 is 1.55. The van der Waals surface area contributed by atoms with Crippen LogP contribution >= 0.6 is 0 Å². The van der Waals surface area contributed by atoms with Gasteiger partial charge in [-0.15, -0.1) is 0 Å². The topological polar surface area (TPSA) is 59.3 Å². The monoisotopic (exact) mass is 319 g/mol. The number of carboxylic acid groups (broad SMARTS) is 1. The molecule has 0 bridgehead atoms. The Morgan fingerprint density at radius 3 is 1.83 bits per heavy atom.